The molecule has 0 saturated heterocycles. The molecule has 26 heavy (non-hydrogen) atoms. The van der Waals surface area contributed by atoms with Crippen molar-refractivity contribution in [3.63, 3.8) is 0 Å². The summed E-state index contributed by atoms with van der Waals surface area (Å²) in [5.41, 5.74) is 3.14. The molecule has 0 unspecified atom stereocenters. The Labute approximate surface area is 156 Å². The first-order valence-electron chi connectivity index (χ1n) is 7.85. The predicted octanol–water partition coefficient (Wildman–Crippen LogP) is 3.25. The van der Waals surface area contributed by atoms with Crippen LogP contribution in [-0.4, -0.2) is 20.1 Å². The molecule has 0 aliphatic rings. The quantitative estimate of drug-likeness (QED) is 0.647. The Hall–Kier alpha value is -2.56. The summed E-state index contributed by atoms with van der Waals surface area (Å²) in [7, 11) is -2.33. The zero-order valence-electron chi connectivity index (χ0n) is 14.7. The first-order valence-corrected chi connectivity index (χ1v) is 10.1. The van der Waals surface area contributed by atoms with Gasteiger partial charge in [-0.2, -0.15) is 8.42 Å². The SMILES string of the molecule is C#CCn1c(=NS(=O)(=O)c2ccc(OC)cc2)sc2cc(C)c(C)cc21. The second-order valence-electron chi connectivity index (χ2n) is 5.82. The Morgan fingerprint density at radius 3 is 2.46 bits per heavy atom. The number of hydrogen-bond acceptors (Lipinski definition) is 4. The molecule has 0 aliphatic heterocycles. The highest BCUT2D eigenvalue weighted by molar-refractivity contribution is 7.90. The molecule has 0 radical (unpaired) electrons. The first kappa shape index (κ1) is 18.2. The number of benzene rings is 2. The molecule has 134 valence electrons. The van der Waals surface area contributed by atoms with Crippen LogP contribution in [0.15, 0.2) is 45.7 Å². The Bertz CT molecular complexity index is 1180. The van der Waals surface area contributed by atoms with Crippen molar-refractivity contribution >= 4 is 31.6 Å². The molecule has 0 amide bonds. The highest BCUT2D eigenvalue weighted by atomic mass is 32.2. The summed E-state index contributed by atoms with van der Waals surface area (Å²) in [5.74, 6) is 3.16. The molecule has 0 atom stereocenters. The highest BCUT2D eigenvalue weighted by Crippen LogP contribution is 2.23. The molecule has 3 aromatic rings. The van der Waals surface area contributed by atoms with Crippen molar-refractivity contribution in [3.8, 4) is 18.1 Å². The van der Waals surface area contributed by atoms with Crippen molar-refractivity contribution < 1.29 is 13.2 Å². The predicted molar refractivity (Wildman–Crippen MR) is 104 cm³/mol. The van der Waals surface area contributed by atoms with Crippen molar-refractivity contribution in [3.05, 3.63) is 52.3 Å². The van der Waals surface area contributed by atoms with Gasteiger partial charge >= 0.3 is 0 Å². The van der Waals surface area contributed by atoms with Gasteiger partial charge in [0.15, 0.2) is 0 Å². The third kappa shape index (κ3) is 3.39. The van der Waals surface area contributed by atoms with E-state index in [1.807, 2.05) is 26.0 Å². The maximum Gasteiger partial charge on any atom is 0.285 e. The fourth-order valence-electron chi connectivity index (χ4n) is 2.54. The van der Waals surface area contributed by atoms with Gasteiger partial charge in [0.25, 0.3) is 10.0 Å². The van der Waals surface area contributed by atoms with E-state index in [9.17, 15) is 8.42 Å². The minimum atomic E-state index is -3.86. The van der Waals surface area contributed by atoms with E-state index in [2.05, 4.69) is 10.3 Å². The number of methoxy groups -OCH3 is 1. The molecular weight excluding hydrogens is 368 g/mol. The molecule has 1 heterocycles. The topological polar surface area (TPSA) is 60.7 Å². The molecule has 3 rings (SSSR count). The molecule has 0 bridgehead atoms. The van der Waals surface area contributed by atoms with Crippen LogP contribution in [0, 0.1) is 26.2 Å². The number of rotatable bonds is 4. The zero-order valence-corrected chi connectivity index (χ0v) is 16.3. The molecule has 0 fully saturated rings. The number of thiazole rings is 1. The van der Waals surface area contributed by atoms with Gasteiger partial charge in [-0.05, 0) is 61.4 Å². The minimum absolute atomic E-state index is 0.107. The van der Waals surface area contributed by atoms with Gasteiger partial charge in [0.2, 0.25) is 4.80 Å². The van der Waals surface area contributed by atoms with Crippen molar-refractivity contribution in [2.75, 3.05) is 7.11 Å². The summed E-state index contributed by atoms with van der Waals surface area (Å²) >= 11 is 1.31. The number of aryl methyl sites for hydroxylation is 2. The fraction of sp³-hybridized carbons (Fsp3) is 0.211. The average molecular weight is 386 g/mol. The lowest BCUT2D eigenvalue weighted by molar-refractivity contribution is 0.414. The third-order valence-corrected chi connectivity index (χ3v) is 6.54. The molecule has 1 aromatic heterocycles. The first-order chi connectivity index (χ1) is 12.4. The fourth-order valence-corrected chi connectivity index (χ4v) is 4.85. The lowest BCUT2D eigenvalue weighted by atomic mass is 10.1. The Morgan fingerprint density at radius 2 is 1.85 bits per heavy atom. The Kier molecular flexibility index (Phi) is 4.90. The summed E-state index contributed by atoms with van der Waals surface area (Å²) in [6.45, 7) is 4.28. The van der Waals surface area contributed by atoms with Gasteiger partial charge in [0.05, 0.1) is 28.8 Å². The van der Waals surface area contributed by atoms with Crippen molar-refractivity contribution in [1.29, 1.82) is 0 Å². The molecule has 7 heteroatoms. The van der Waals surface area contributed by atoms with Crippen LogP contribution in [0.1, 0.15) is 11.1 Å². The monoisotopic (exact) mass is 386 g/mol. The van der Waals surface area contributed by atoms with Crippen LogP contribution in [0.5, 0.6) is 5.75 Å². The number of fused-ring (bicyclic) bond motifs is 1. The van der Waals surface area contributed by atoms with Gasteiger partial charge < -0.3 is 9.30 Å². The summed E-state index contributed by atoms with van der Waals surface area (Å²) in [6.07, 6.45) is 5.48. The number of nitrogens with zero attached hydrogens (tertiary/aromatic N) is 2. The highest BCUT2D eigenvalue weighted by Gasteiger charge is 2.15. The van der Waals surface area contributed by atoms with Crippen LogP contribution in [0.3, 0.4) is 0 Å². The summed E-state index contributed by atoms with van der Waals surface area (Å²) < 4.78 is 37.2. The van der Waals surface area contributed by atoms with Crippen LogP contribution in [0.2, 0.25) is 0 Å². The number of sulfonamides is 1. The molecule has 0 spiro atoms. The van der Waals surface area contributed by atoms with Crippen LogP contribution in [-0.2, 0) is 16.6 Å². The normalized spacial score (nSPS) is 12.3. The number of hydrogen-bond donors (Lipinski definition) is 0. The Balaban J connectivity index is 2.22. The van der Waals surface area contributed by atoms with E-state index in [-0.39, 0.29) is 11.4 Å². The maximum absolute atomic E-state index is 12.7. The minimum Gasteiger partial charge on any atom is -0.497 e. The van der Waals surface area contributed by atoms with E-state index in [0.29, 0.717) is 10.6 Å². The van der Waals surface area contributed by atoms with Gasteiger partial charge in [-0.1, -0.05) is 17.3 Å². The lowest BCUT2D eigenvalue weighted by Gasteiger charge is -2.04. The van der Waals surface area contributed by atoms with Gasteiger partial charge in [-0.15, -0.1) is 10.8 Å². The van der Waals surface area contributed by atoms with Crippen molar-refractivity contribution in [1.82, 2.24) is 4.57 Å². The molecule has 0 saturated carbocycles. The standard InChI is InChI=1S/C19H18N2O3S2/c1-5-10-21-17-11-13(2)14(3)12-18(17)25-19(21)20-26(22,23)16-8-6-15(24-4)7-9-16/h1,6-9,11-12H,10H2,2-4H3. The summed E-state index contributed by atoms with van der Waals surface area (Å²) in [4.78, 5) is 0.467. The van der Waals surface area contributed by atoms with E-state index >= 15 is 0 Å². The van der Waals surface area contributed by atoms with Gasteiger partial charge in [-0.3, -0.25) is 0 Å². The Morgan fingerprint density at radius 1 is 1.19 bits per heavy atom. The molecule has 0 aliphatic carbocycles. The van der Waals surface area contributed by atoms with Gasteiger partial charge in [0.1, 0.15) is 5.75 Å². The lowest BCUT2D eigenvalue weighted by Crippen LogP contribution is -2.16. The van der Waals surface area contributed by atoms with Crippen LogP contribution in [0.4, 0.5) is 0 Å². The third-order valence-electron chi connectivity index (χ3n) is 4.10. The second-order valence-corrected chi connectivity index (χ2v) is 8.43. The van der Waals surface area contributed by atoms with Crippen LogP contribution < -0.4 is 9.54 Å². The maximum atomic E-state index is 12.7. The van der Waals surface area contributed by atoms with E-state index < -0.39 is 10.0 Å². The molecular formula is C19H18N2O3S2. The largest absolute Gasteiger partial charge is 0.497 e. The molecule has 0 N–H and O–H groups in total. The van der Waals surface area contributed by atoms with Crippen molar-refractivity contribution in [2.45, 2.75) is 25.3 Å². The summed E-state index contributed by atoms with van der Waals surface area (Å²) in [5, 5.41) is 0. The van der Waals surface area contributed by atoms with E-state index in [1.165, 1.54) is 30.6 Å². The van der Waals surface area contributed by atoms with Gasteiger partial charge in [0, 0.05) is 0 Å². The van der Waals surface area contributed by atoms with Crippen LogP contribution in [0.25, 0.3) is 10.2 Å². The van der Waals surface area contributed by atoms with E-state index in [1.54, 1.807) is 16.7 Å². The smallest absolute Gasteiger partial charge is 0.285 e. The van der Waals surface area contributed by atoms with E-state index in [4.69, 9.17) is 11.2 Å². The van der Waals surface area contributed by atoms with Crippen LogP contribution >= 0.6 is 11.3 Å². The van der Waals surface area contributed by atoms with E-state index in [0.717, 1.165) is 21.3 Å². The number of ether oxygens (including phenoxy) is 1. The molecule has 5 nitrogen and oxygen atoms in total. The average Bonchev–Trinajstić information content (AvgIpc) is 2.92. The molecule has 2 aromatic carbocycles. The number of terminal acetylenes is 1. The second kappa shape index (κ2) is 6.98. The summed E-state index contributed by atoms with van der Waals surface area (Å²) in [6, 6.07) is 10.2. The zero-order chi connectivity index (χ0) is 18.9. The van der Waals surface area contributed by atoms with Gasteiger partial charge in [-0.25, -0.2) is 0 Å². The number of aromatic nitrogens is 1. The van der Waals surface area contributed by atoms with Crippen molar-refractivity contribution in [2.24, 2.45) is 4.40 Å².